The molecule has 0 bridgehead atoms. The van der Waals surface area contributed by atoms with Crippen molar-refractivity contribution in [2.45, 2.75) is 20.4 Å². The summed E-state index contributed by atoms with van der Waals surface area (Å²) in [6.07, 6.45) is 1.44. The van der Waals surface area contributed by atoms with Crippen LogP contribution >= 0.6 is 22.7 Å². The third kappa shape index (κ3) is 4.26. The summed E-state index contributed by atoms with van der Waals surface area (Å²) in [6.45, 7) is 3.94. The Balaban J connectivity index is 1.54. The first-order valence-electron chi connectivity index (χ1n) is 8.96. The maximum atomic E-state index is 12.9. The Morgan fingerprint density at radius 3 is 2.73 bits per heavy atom. The maximum absolute atomic E-state index is 12.9. The monoisotopic (exact) mass is 439 g/mol. The topological polar surface area (TPSA) is 115 Å². The molecular formula is C19H17N7O2S2. The summed E-state index contributed by atoms with van der Waals surface area (Å²) in [7, 11) is 0. The number of hydrogen-bond donors (Lipinski definition) is 2. The molecule has 0 fully saturated rings. The van der Waals surface area contributed by atoms with E-state index in [0.717, 1.165) is 20.3 Å². The molecule has 11 heteroatoms. The molecule has 1 aromatic carbocycles. The van der Waals surface area contributed by atoms with Gasteiger partial charge in [-0.05, 0) is 41.6 Å². The van der Waals surface area contributed by atoms with Crippen molar-refractivity contribution < 1.29 is 9.59 Å². The second-order valence-electron chi connectivity index (χ2n) is 6.33. The molecule has 4 rings (SSSR count). The van der Waals surface area contributed by atoms with E-state index in [0.29, 0.717) is 22.9 Å². The quantitative estimate of drug-likeness (QED) is 0.477. The van der Waals surface area contributed by atoms with Gasteiger partial charge in [-0.3, -0.25) is 14.9 Å². The van der Waals surface area contributed by atoms with Crippen LogP contribution in [0, 0.1) is 6.92 Å². The van der Waals surface area contributed by atoms with E-state index in [-0.39, 0.29) is 11.8 Å². The number of amides is 2. The summed E-state index contributed by atoms with van der Waals surface area (Å²) in [5.74, 6) is -0.360. The normalized spacial score (nSPS) is 10.7. The first-order chi connectivity index (χ1) is 14.5. The number of carbonyl (C=O) groups excluding carboxylic acids is 2. The predicted octanol–water partition coefficient (Wildman–Crippen LogP) is 3.04. The summed E-state index contributed by atoms with van der Waals surface area (Å²) >= 11 is 2.97. The highest BCUT2D eigenvalue weighted by atomic mass is 32.1. The lowest BCUT2D eigenvalue weighted by atomic mass is 10.1. The SMILES string of the molecule is CC(=O)NCc1ccc(-c2nc(NC(=O)c3ccccc3-n3cnnn3)sc2C)s1. The Morgan fingerprint density at radius 1 is 1.13 bits per heavy atom. The van der Waals surface area contributed by atoms with Crippen LogP contribution in [0.4, 0.5) is 5.13 Å². The predicted molar refractivity (Wildman–Crippen MR) is 115 cm³/mol. The zero-order chi connectivity index (χ0) is 21.1. The van der Waals surface area contributed by atoms with Gasteiger partial charge in [-0.1, -0.05) is 12.1 Å². The molecule has 0 atom stereocenters. The van der Waals surface area contributed by atoms with E-state index in [1.54, 1.807) is 29.5 Å². The number of carbonyl (C=O) groups is 2. The number of hydrogen-bond acceptors (Lipinski definition) is 8. The van der Waals surface area contributed by atoms with E-state index in [4.69, 9.17) is 0 Å². The number of thiazole rings is 1. The van der Waals surface area contributed by atoms with Crippen LogP contribution in [0.3, 0.4) is 0 Å². The van der Waals surface area contributed by atoms with E-state index in [2.05, 4.69) is 31.1 Å². The molecule has 0 saturated carbocycles. The molecule has 2 amide bonds. The summed E-state index contributed by atoms with van der Waals surface area (Å²) in [6, 6.07) is 11.0. The number of anilines is 1. The number of para-hydroxylation sites is 1. The molecule has 4 aromatic rings. The molecule has 0 spiro atoms. The van der Waals surface area contributed by atoms with Crippen molar-refractivity contribution in [3.63, 3.8) is 0 Å². The standard InChI is InChI=1S/C19H17N7O2S2/c1-11-17(16-8-7-13(30-16)9-20-12(2)27)22-19(29-11)23-18(28)14-5-3-4-6-15(14)26-10-21-24-25-26/h3-8,10H,9H2,1-2H3,(H,20,27)(H,22,23,28). The Labute approximate surface area is 179 Å². The van der Waals surface area contributed by atoms with Gasteiger partial charge in [0.05, 0.1) is 28.4 Å². The maximum Gasteiger partial charge on any atom is 0.259 e. The minimum absolute atomic E-state index is 0.0678. The molecule has 0 aliphatic rings. The van der Waals surface area contributed by atoms with Gasteiger partial charge in [0.25, 0.3) is 5.91 Å². The minimum atomic E-state index is -0.293. The summed E-state index contributed by atoms with van der Waals surface area (Å²) in [4.78, 5) is 31.6. The van der Waals surface area contributed by atoms with Gasteiger partial charge < -0.3 is 5.32 Å². The van der Waals surface area contributed by atoms with Crippen molar-refractivity contribution in [3.05, 3.63) is 58.0 Å². The fourth-order valence-corrected chi connectivity index (χ4v) is 4.67. The van der Waals surface area contributed by atoms with Gasteiger partial charge in [-0.15, -0.1) is 27.8 Å². The fraction of sp³-hybridized carbons (Fsp3) is 0.158. The Hall–Kier alpha value is -3.44. The van der Waals surface area contributed by atoms with Gasteiger partial charge in [0, 0.05) is 16.7 Å². The van der Waals surface area contributed by atoms with Crippen molar-refractivity contribution in [1.29, 1.82) is 0 Å². The van der Waals surface area contributed by atoms with Crippen molar-refractivity contribution in [1.82, 2.24) is 30.5 Å². The first kappa shape index (κ1) is 19.9. The highest BCUT2D eigenvalue weighted by Crippen LogP contribution is 2.35. The zero-order valence-electron chi connectivity index (χ0n) is 16.1. The van der Waals surface area contributed by atoms with E-state index in [9.17, 15) is 9.59 Å². The van der Waals surface area contributed by atoms with E-state index in [1.165, 1.54) is 29.3 Å². The van der Waals surface area contributed by atoms with Crippen LogP contribution in [0.25, 0.3) is 16.3 Å². The summed E-state index contributed by atoms with van der Waals surface area (Å²) in [5, 5.41) is 17.3. The minimum Gasteiger partial charge on any atom is -0.351 e. The van der Waals surface area contributed by atoms with Crippen molar-refractivity contribution in [3.8, 4) is 16.3 Å². The van der Waals surface area contributed by atoms with Gasteiger partial charge in [-0.2, -0.15) is 4.68 Å². The second kappa shape index (κ2) is 8.51. The lowest BCUT2D eigenvalue weighted by Crippen LogP contribution is -2.17. The van der Waals surface area contributed by atoms with Crippen LogP contribution in [-0.4, -0.2) is 37.0 Å². The van der Waals surface area contributed by atoms with Crippen LogP contribution in [-0.2, 0) is 11.3 Å². The van der Waals surface area contributed by atoms with Crippen LogP contribution in [0.5, 0.6) is 0 Å². The van der Waals surface area contributed by atoms with Gasteiger partial charge in [-0.25, -0.2) is 4.98 Å². The summed E-state index contributed by atoms with van der Waals surface area (Å²) in [5.41, 5.74) is 1.84. The smallest absolute Gasteiger partial charge is 0.259 e. The molecular weight excluding hydrogens is 422 g/mol. The lowest BCUT2D eigenvalue weighted by Gasteiger charge is -2.07. The number of aromatic nitrogens is 5. The largest absolute Gasteiger partial charge is 0.351 e. The Morgan fingerprint density at radius 2 is 1.97 bits per heavy atom. The molecule has 2 N–H and O–H groups in total. The van der Waals surface area contributed by atoms with E-state index < -0.39 is 0 Å². The summed E-state index contributed by atoms with van der Waals surface area (Å²) < 4.78 is 1.44. The Kier molecular flexibility index (Phi) is 5.63. The van der Waals surface area contributed by atoms with Gasteiger partial charge >= 0.3 is 0 Å². The highest BCUT2D eigenvalue weighted by molar-refractivity contribution is 7.18. The number of tetrazole rings is 1. The molecule has 3 heterocycles. The zero-order valence-corrected chi connectivity index (χ0v) is 17.8. The van der Waals surface area contributed by atoms with Gasteiger partial charge in [0.15, 0.2) is 5.13 Å². The third-order valence-electron chi connectivity index (χ3n) is 4.17. The number of nitrogens with zero attached hydrogens (tertiary/aromatic N) is 5. The number of rotatable bonds is 6. The molecule has 30 heavy (non-hydrogen) atoms. The average Bonchev–Trinajstić information content (AvgIpc) is 3.47. The van der Waals surface area contributed by atoms with E-state index in [1.807, 2.05) is 25.1 Å². The molecule has 9 nitrogen and oxygen atoms in total. The van der Waals surface area contributed by atoms with E-state index >= 15 is 0 Å². The van der Waals surface area contributed by atoms with Crippen LogP contribution in [0.15, 0.2) is 42.7 Å². The molecule has 152 valence electrons. The Bertz CT molecular complexity index is 1200. The van der Waals surface area contributed by atoms with Gasteiger partial charge in [0.2, 0.25) is 5.91 Å². The van der Waals surface area contributed by atoms with Crippen LogP contribution < -0.4 is 10.6 Å². The molecule has 0 aliphatic heterocycles. The van der Waals surface area contributed by atoms with Crippen molar-refractivity contribution >= 4 is 39.6 Å². The fourth-order valence-electron chi connectivity index (χ4n) is 2.79. The molecule has 0 aliphatic carbocycles. The van der Waals surface area contributed by atoms with Gasteiger partial charge in [0.1, 0.15) is 6.33 Å². The molecule has 0 radical (unpaired) electrons. The lowest BCUT2D eigenvalue weighted by molar-refractivity contribution is -0.119. The highest BCUT2D eigenvalue weighted by Gasteiger charge is 2.17. The molecule has 0 unspecified atom stereocenters. The number of thiophene rings is 1. The van der Waals surface area contributed by atoms with Crippen molar-refractivity contribution in [2.75, 3.05) is 5.32 Å². The van der Waals surface area contributed by atoms with Crippen molar-refractivity contribution in [2.24, 2.45) is 0 Å². The number of benzene rings is 1. The van der Waals surface area contributed by atoms with Crippen LogP contribution in [0.1, 0.15) is 27.0 Å². The first-order valence-corrected chi connectivity index (χ1v) is 10.6. The molecule has 0 saturated heterocycles. The second-order valence-corrected chi connectivity index (χ2v) is 8.70. The van der Waals surface area contributed by atoms with Crippen LogP contribution in [0.2, 0.25) is 0 Å². The third-order valence-corrected chi connectivity index (χ3v) is 6.15. The average molecular weight is 440 g/mol. The molecule has 3 aromatic heterocycles. The number of nitrogens with one attached hydrogen (secondary N) is 2. The number of aryl methyl sites for hydroxylation is 1.